The van der Waals surface area contributed by atoms with Gasteiger partial charge in [-0.25, -0.2) is 0 Å². The Bertz CT molecular complexity index is 3460. The van der Waals surface area contributed by atoms with Crippen molar-refractivity contribution in [2.75, 3.05) is 4.90 Å². The Kier molecular flexibility index (Phi) is 7.92. The molecule has 0 unspecified atom stereocenters. The molecule has 11 aromatic rings. The Morgan fingerprint density at radius 1 is 0.344 bits per heavy atom. The second-order valence-corrected chi connectivity index (χ2v) is 17.0. The van der Waals surface area contributed by atoms with Crippen molar-refractivity contribution in [3.8, 4) is 39.1 Å². The lowest BCUT2D eigenvalue weighted by Gasteiger charge is -2.28. The van der Waals surface area contributed by atoms with Gasteiger partial charge in [-0.3, -0.25) is 0 Å². The van der Waals surface area contributed by atoms with Crippen LogP contribution in [0.2, 0.25) is 0 Å². The van der Waals surface area contributed by atoms with Crippen LogP contribution in [0.25, 0.3) is 82.4 Å². The van der Waals surface area contributed by atoms with Gasteiger partial charge in [-0.05, 0) is 133 Å². The lowest BCUT2D eigenvalue weighted by Crippen LogP contribution is -2.15. The fourth-order valence-corrected chi connectivity index (χ4v) is 10.1. The standard InChI is InChI=1S/C59H42N2/c1-59(2)55-23-10-7-20-50(55)54-37-47(32-33-56(54)59)60(45-30-28-40(29-31-45)42-27-26-39-14-3-4-15-41(39)34-42)46-18-13-17-44(35-46)53-38-48(36-43-16-5-6-19-49(43)53)61-57-24-11-8-21-51(57)52-22-9-12-25-58(52)61/h3-38H,1-2H3. The molecule has 1 aromatic heterocycles. The monoisotopic (exact) mass is 778 g/mol. The molecule has 0 N–H and O–H groups in total. The quantitative estimate of drug-likeness (QED) is 0.163. The van der Waals surface area contributed by atoms with Gasteiger partial charge in [0.05, 0.1) is 11.0 Å². The lowest BCUT2D eigenvalue weighted by molar-refractivity contribution is 0.660. The highest BCUT2D eigenvalue weighted by Crippen LogP contribution is 2.51. The van der Waals surface area contributed by atoms with E-state index < -0.39 is 0 Å². The van der Waals surface area contributed by atoms with E-state index in [9.17, 15) is 0 Å². The number of aromatic nitrogens is 1. The van der Waals surface area contributed by atoms with E-state index in [1.807, 2.05) is 0 Å². The zero-order valence-corrected chi connectivity index (χ0v) is 34.2. The molecule has 1 heterocycles. The third kappa shape index (κ3) is 5.64. The average molecular weight is 779 g/mol. The molecule has 0 saturated carbocycles. The molecule has 0 fully saturated rings. The normalized spacial score (nSPS) is 12.9. The molecule has 12 rings (SSSR count). The zero-order valence-electron chi connectivity index (χ0n) is 34.2. The van der Waals surface area contributed by atoms with Crippen molar-refractivity contribution >= 4 is 60.4 Å². The number of hydrogen-bond acceptors (Lipinski definition) is 1. The molecule has 0 bridgehead atoms. The number of benzene rings is 10. The molecular formula is C59H42N2. The van der Waals surface area contributed by atoms with Crippen LogP contribution in [0.1, 0.15) is 25.0 Å². The molecule has 10 aromatic carbocycles. The van der Waals surface area contributed by atoms with Gasteiger partial charge in [-0.15, -0.1) is 0 Å². The van der Waals surface area contributed by atoms with E-state index in [1.54, 1.807) is 0 Å². The molecule has 0 amide bonds. The Morgan fingerprint density at radius 3 is 1.74 bits per heavy atom. The topological polar surface area (TPSA) is 8.17 Å². The Balaban J connectivity index is 1.03. The fourth-order valence-electron chi connectivity index (χ4n) is 10.1. The molecule has 288 valence electrons. The van der Waals surface area contributed by atoms with Crippen LogP contribution >= 0.6 is 0 Å². The number of nitrogens with zero attached hydrogens (tertiary/aromatic N) is 2. The van der Waals surface area contributed by atoms with Gasteiger partial charge in [-0.1, -0.05) is 166 Å². The molecule has 61 heavy (non-hydrogen) atoms. The minimum atomic E-state index is -0.0703. The minimum Gasteiger partial charge on any atom is -0.310 e. The Hall–Kier alpha value is -7.68. The molecule has 1 aliphatic carbocycles. The summed E-state index contributed by atoms with van der Waals surface area (Å²) in [6, 6.07) is 80.6. The van der Waals surface area contributed by atoms with Gasteiger partial charge in [0.25, 0.3) is 0 Å². The van der Waals surface area contributed by atoms with Crippen LogP contribution in [-0.2, 0) is 5.41 Å². The van der Waals surface area contributed by atoms with E-state index in [1.165, 1.54) is 87.9 Å². The fraction of sp³-hybridized carbons (Fsp3) is 0.0508. The van der Waals surface area contributed by atoms with Gasteiger partial charge in [0, 0.05) is 38.9 Å². The van der Waals surface area contributed by atoms with Crippen LogP contribution in [0.3, 0.4) is 0 Å². The van der Waals surface area contributed by atoms with Crippen molar-refractivity contribution in [2.24, 2.45) is 0 Å². The van der Waals surface area contributed by atoms with E-state index in [4.69, 9.17) is 0 Å². The minimum absolute atomic E-state index is 0.0703. The van der Waals surface area contributed by atoms with Crippen LogP contribution in [0.15, 0.2) is 218 Å². The van der Waals surface area contributed by atoms with Crippen LogP contribution in [-0.4, -0.2) is 4.57 Å². The van der Waals surface area contributed by atoms with Gasteiger partial charge < -0.3 is 9.47 Å². The van der Waals surface area contributed by atoms with Crippen LogP contribution in [0.4, 0.5) is 17.1 Å². The second-order valence-electron chi connectivity index (χ2n) is 17.0. The van der Waals surface area contributed by atoms with Gasteiger partial charge in [-0.2, -0.15) is 0 Å². The van der Waals surface area contributed by atoms with Crippen LogP contribution < -0.4 is 4.90 Å². The maximum absolute atomic E-state index is 2.43. The SMILES string of the molecule is CC1(C)c2ccccc2-c2cc(N(c3ccc(-c4ccc5ccccc5c4)cc3)c3cccc(-c4cc(-n5c6ccccc6c6ccccc65)cc5ccccc45)c3)ccc21. The largest absolute Gasteiger partial charge is 0.310 e. The van der Waals surface area contributed by atoms with Crippen molar-refractivity contribution < 1.29 is 0 Å². The first-order valence-corrected chi connectivity index (χ1v) is 21.3. The molecule has 0 saturated heterocycles. The molecule has 0 aliphatic heterocycles. The van der Waals surface area contributed by atoms with Crippen LogP contribution in [0.5, 0.6) is 0 Å². The molecular weight excluding hydrogens is 737 g/mol. The number of para-hydroxylation sites is 2. The van der Waals surface area contributed by atoms with E-state index in [0.29, 0.717) is 0 Å². The first-order valence-electron chi connectivity index (χ1n) is 21.3. The summed E-state index contributed by atoms with van der Waals surface area (Å²) < 4.78 is 2.43. The molecule has 1 aliphatic rings. The van der Waals surface area contributed by atoms with Crippen molar-refractivity contribution in [2.45, 2.75) is 19.3 Å². The highest BCUT2D eigenvalue weighted by Gasteiger charge is 2.35. The first kappa shape index (κ1) is 35.3. The van der Waals surface area contributed by atoms with Gasteiger partial charge in [0.2, 0.25) is 0 Å². The summed E-state index contributed by atoms with van der Waals surface area (Å²) in [7, 11) is 0. The predicted molar refractivity (Wildman–Crippen MR) is 259 cm³/mol. The van der Waals surface area contributed by atoms with Gasteiger partial charge >= 0.3 is 0 Å². The number of anilines is 3. The summed E-state index contributed by atoms with van der Waals surface area (Å²) in [4.78, 5) is 2.43. The number of rotatable bonds is 6. The highest BCUT2D eigenvalue weighted by atomic mass is 15.1. The zero-order chi connectivity index (χ0) is 40.7. The number of hydrogen-bond donors (Lipinski definition) is 0. The van der Waals surface area contributed by atoms with E-state index in [2.05, 4.69) is 242 Å². The van der Waals surface area contributed by atoms with Crippen molar-refractivity contribution in [3.05, 3.63) is 230 Å². The van der Waals surface area contributed by atoms with Gasteiger partial charge in [0.1, 0.15) is 0 Å². The Morgan fingerprint density at radius 2 is 0.951 bits per heavy atom. The second kappa shape index (κ2) is 13.7. The molecule has 0 radical (unpaired) electrons. The Labute approximate surface area is 356 Å². The predicted octanol–water partition coefficient (Wildman–Crippen LogP) is 16.2. The van der Waals surface area contributed by atoms with Gasteiger partial charge in [0.15, 0.2) is 0 Å². The molecule has 0 atom stereocenters. The van der Waals surface area contributed by atoms with Crippen molar-refractivity contribution in [3.63, 3.8) is 0 Å². The van der Waals surface area contributed by atoms with Crippen molar-refractivity contribution in [1.29, 1.82) is 0 Å². The number of fused-ring (bicyclic) bond motifs is 8. The summed E-state index contributed by atoms with van der Waals surface area (Å²) in [6.45, 7) is 4.70. The molecule has 0 spiro atoms. The molecule has 2 nitrogen and oxygen atoms in total. The smallest absolute Gasteiger partial charge is 0.0541 e. The van der Waals surface area contributed by atoms with E-state index in [0.717, 1.165) is 22.7 Å². The molecule has 2 heteroatoms. The summed E-state index contributed by atoms with van der Waals surface area (Å²) in [5.74, 6) is 0. The van der Waals surface area contributed by atoms with E-state index in [-0.39, 0.29) is 5.41 Å². The van der Waals surface area contributed by atoms with Crippen molar-refractivity contribution in [1.82, 2.24) is 4.57 Å². The lowest BCUT2D eigenvalue weighted by atomic mass is 9.82. The maximum atomic E-state index is 2.43. The summed E-state index contributed by atoms with van der Waals surface area (Å²) in [5.41, 5.74) is 17.0. The summed E-state index contributed by atoms with van der Waals surface area (Å²) in [6.07, 6.45) is 0. The maximum Gasteiger partial charge on any atom is 0.0541 e. The highest BCUT2D eigenvalue weighted by molar-refractivity contribution is 6.10. The summed E-state index contributed by atoms with van der Waals surface area (Å²) in [5, 5.41) is 7.47. The van der Waals surface area contributed by atoms with Crippen LogP contribution in [0, 0.1) is 0 Å². The third-order valence-corrected chi connectivity index (χ3v) is 13.1. The first-order chi connectivity index (χ1) is 30.0. The summed E-state index contributed by atoms with van der Waals surface area (Å²) >= 11 is 0. The third-order valence-electron chi connectivity index (χ3n) is 13.1. The van der Waals surface area contributed by atoms with E-state index >= 15 is 0 Å². The average Bonchev–Trinajstić information content (AvgIpc) is 3.77.